The number of likely N-dealkylation sites (N-methyl/N-ethyl adjacent to an activating group) is 1. The van der Waals surface area contributed by atoms with Crippen molar-refractivity contribution in [2.45, 2.75) is 26.8 Å². The molecule has 0 radical (unpaired) electrons. The Kier molecular flexibility index (Phi) is 7.79. The van der Waals surface area contributed by atoms with Gasteiger partial charge in [-0.1, -0.05) is 37.2 Å². The fourth-order valence-corrected chi connectivity index (χ4v) is 1.92. The van der Waals surface area contributed by atoms with Gasteiger partial charge in [0.2, 0.25) is 0 Å². The van der Waals surface area contributed by atoms with Gasteiger partial charge >= 0.3 is 0 Å². The van der Waals surface area contributed by atoms with Crippen molar-refractivity contribution in [3.63, 3.8) is 0 Å². The van der Waals surface area contributed by atoms with Crippen LogP contribution in [0.5, 0.6) is 0 Å². The molecule has 0 amide bonds. The summed E-state index contributed by atoms with van der Waals surface area (Å²) in [6.45, 7) is 7.65. The normalized spacial score (nSPS) is 12.3. The van der Waals surface area contributed by atoms with Gasteiger partial charge in [0.05, 0.1) is 6.61 Å². The molecule has 0 aliphatic carbocycles. The van der Waals surface area contributed by atoms with Gasteiger partial charge < -0.3 is 15.7 Å². The quantitative estimate of drug-likeness (QED) is 0.241. The lowest BCUT2D eigenvalue weighted by Gasteiger charge is -2.17. The SMILES string of the molecule is CC(C)CCOCCN(C)Cc1cccc(C(N)=NO)c1. The number of benzene rings is 1. The summed E-state index contributed by atoms with van der Waals surface area (Å²) in [5, 5.41) is 11.7. The largest absolute Gasteiger partial charge is 0.409 e. The van der Waals surface area contributed by atoms with E-state index in [4.69, 9.17) is 15.7 Å². The molecule has 0 atom stereocenters. The average Bonchev–Trinajstić information content (AvgIpc) is 2.46. The molecule has 0 saturated heterocycles. The van der Waals surface area contributed by atoms with E-state index in [0.29, 0.717) is 5.92 Å². The number of rotatable bonds is 9. The van der Waals surface area contributed by atoms with E-state index in [1.807, 2.05) is 24.3 Å². The molecule has 1 aromatic carbocycles. The average molecular weight is 293 g/mol. The summed E-state index contributed by atoms with van der Waals surface area (Å²) in [7, 11) is 2.06. The molecule has 3 N–H and O–H groups in total. The molecule has 0 unspecified atom stereocenters. The lowest BCUT2D eigenvalue weighted by atomic mass is 10.1. The van der Waals surface area contributed by atoms with Gasteiger partial charge in [0.25, 0.3) is 0 Å². The number of hydrogen-bond donors (Lipinski definition) is 2. The number of amidine groups is 1. The molecule has 0 aliphatic rings. The molecule has 0 fully saturated rings. The minimum absolute atomic E-state index is 0.136. The van der Waals surface area contributed by atoms with Gasteiger partial charge in [-0.25, -0.2) is 0 Å². The van der Waals surface area contributed by atoms with E-state index >= 15 is 0 Å². The lowest BCUT2D eigenvalue weighted by molar-refractivity contribution is 0.101. The minimum Gasteiger partial charge on any atom is -0.409 e. The van der Waals surface area contributed by atoms with Crippen LogP contribution in [0.15, 0.2) is 29.4 Å². The number of nitrogens with zero attached hydrogens (tertiary/aromatic N) is 2. The molecular formula is C16H27N3O2. The Morgan fingerprint density at radius 3 is 2.81 bits per heavy atom. The Morgan fingerprint density at radius 1 is 1.38 bits per heavy atom. The summed E-state index contributed by atoms with van der Waals surface area (Å²) < 4.78 is 5.62. The number of ether oxygens (including phenoxy) is 1. The van der Waals surface area contributed by atoms with Crippen LogP contribution >= 0.6 is 0 Å². The highest BCUT2D eigenvalue weighted by atomic mass is 16.5. The maximum Gasteiger partial charge on any atom is 0.170 e. The molecular weight excluding hydrogens is 266 g/mol. The maximum absolute atomic E-state index is 8.70. The first-order chi connectivity index (χ1) is 10.0. The highest BCUT2D eigenvalue weighted by Crippen LogP contribution is 2.07. The maximum atomic E-state index is 8.70. The van der Waals surface area contributed by atoms with Crippen molar-refractivity contribution in [1.29, 1.82) is 0 Å². The molecule has 0 saturated carbocycles. The molecule has 0 bridgehead atoms. The first-order valence-corrected chi connectivity index (χ1v) is 7.36. The van der Waals surface area contributed by atoms with Crippen LogP contribution < -0.4 is 5.73 Å². The molecule has 5 heteroatoms. The Bertz CT molecular complexity index is 447. The first-order valence-electron chi connectivity index (χ1n) is 7.36. The predicted molar refractivity (Wildman–Crippen MR) is 85.6 cm³/mol. The zero-order valence-electron chi connectivity index (χ0n) is 13.2. The van der Waals surface area contributed by atoms with Crippen LogP contribution in [0.1, 0.15) is 31.4 Å². The van der Waals surface area contributed by atoms with E-state index in [1.165, 1.54) is 0 Å². The molecule has 118 valence electrons. The Balaban J connectivity index is 2.36. The lowest BCUT2D eigenvalue weighted by Crippen LogP contribution is -2.23. The van der Waals surface area contributed by atoms with Gasteiger partial charge in [-0.3, -0.25) is 4.90 Å². The zero-order chi connectivity index (χ0) is 15.7. The van der Waals surface area contributed by atoms with Crippen LogP contribution in [0.25, 0.3) is 0 Å². The smallest absolute Gasteiger partial charge is 0.170 e. The van der Waals surface area contributed by atoms with Gasteiger partial charge in [-0.05, 0) is 31.0 Å². The number of oxime groups is 1. The summed E-state index contributed by atoms with van der Waals surface area (Å²) >= 11 is 0. The van der Waals surface area contributed by atoms with Crippen molar-refractivity contribution in [3.05, 3.63) is 35.4 Å². The van der Waals surface area contributed by atoms with Crippen LogP contribution in [-0.2, 0) is 11.3 Å². The van der Waals surface area contributed by atoms with Crippen LogP contribution in [0.4, 0.5) is 0 Å². The van der Waals surface area contributed by atoms with Crippen LogP contribution in [-0.4, -0.2) is 42.7 Å². The molecule has 1 aromatic rings. The van der Waals surface area contributed by atoms with Crippen molar-refractivity contribution in [3.8, 4) is 0 Å². The summed E-state index contributed by atoms with van der Waals surface area (Å²) in [5.74, 6) is 0.820. The number of nitrogens with two attached hydrogens (primary N) is 1. The summed E-state index contributed by atoms with van der Waals surface area (Å²) in [6.07, 6.45) is 1.10. The Hall–Kier alpha value is -1.59. The predicted octanol–water partition coefficient (Wildman–Crippen LogP) is 2.28. The third-order valence-electron chi connectivity index (χ3n) is 3.24. The fourth-order valence-electron chi connectivity index (χ4n) is 1.92. The van der Waals surface area contributed by atoms with Crippen molar-refractivity contribution in [1.82, 2.24) is 4.90 Å². The van der Waals surface area contributed by atoms with E-state index in [9.17, 15) is 0 Å². The van der Waals surface area contributed by atoms with Gasteiger partial charge in [0, 0.05) is 25.3 Å². The summed E-state index contributed by atoms with van der Waals surface area (Å²) in [4.78, 5) is 2.20. The second-order valence-corrected chi connectivity index (χ2v) is 5.72. The van der Waals surface area contributed by atoms with Gasteiger partial charge in [-0.2, -0.15) is 0 Å². The standard InChI is InChI=1S/C16H27N3O2/c1-13(2)7-9-21-10-8-19(3)12-14-5-4-6-15(11-14)16(17)18-20/h4-6,11,13,20H,7-10,12H2,1-3H3,(H2,17,18). The van der Waals surface area contributed by atoms with Crippen molar-refractivity contribution >= 4 is 5.84 Å². The van der Waals surface area contributed by atoms with Gasteiger partial charge in [-0.15, -0.1) is 0 Å². The second-order valence-electron chi connectivity index (χ2n) is 5.72. The highest BCUT2D eigenvalue weighted by molar-refractivity contribution is 5.97. The minimum atomic E-state index is 0.136. The van der Waals surface area contributed by atoms with Gasteiger partial charge in [0.1, 0.15) is 0 Å². The van der Waals surface area contributed by atoms with E-state index in [2.05, 4.69) is 31.0 Å². The van der Waals surface area contributed by atoms with Crippen LogP contribution in [0.2, 0.25) is 0 Å². The molecule has 21 heavy (non-hydrogen) atoms. The van der Waals surface area contributed by atoms with Gasteiger partial charge in [0.15, 0.2) is 5.84 Å². The molecule has 0 aliphatic heterocycles. The summed E-state index contributed by atoms with van der Waals surface area (Å²) in [6, 6.07) is 7.71. The Morgan fingerprint density at radius 2 is 2.14 bits per heavy atom. The number of hydrogen-bond acceptors (Lipinski definition) is 4. The third kappa shape index (κ3) is 7.11. The van der Waals surface area contributed by atoms with E-state index in [-0.39, 0.29) is 5.84 Å². The highest BCUT2D eigenvalue weighted by Gasteiger charge is 2.04. The van der Waals surface area contributed by atoms with Crippen LogP contribution in [0.3, 0.4) is 0 Å². The fraction of sp³-hybridized carbons (Fsp3) is 0.562. The topological polar surface area (TPSA) is 71.1 Å². The van der Waals surface area contributed by atoms with Crippen LogP contribution in [0, 0.1) is 5.92 Å². The van der Waals surface area contributed by atoms with E-state index in [1.54, 1.807) is 0 Å². The molecule has 5 nitrogen and oxygen atoms in total. The molecule has 0 aromatic heterocycles. The van der Waals surface area contributed by atoms with Crippen molar-refractivity contribution in [2.24, 2.45) is 16.8 Å². The molecule has 0 spiro atoms. The van der Waals surface area contributed by atoms with Crippen molar-refractivity contribution < 1.29 is 9.94 Å². The molecule has 1 rings (SSSR count). The Labute approximate surface area is 127 Å². The van der Waals surface area contributed by atoms with E-state index < -0.39 is 0 Å². The molecule has 0 heterocycles. The summed E-state index contributed by atoms with van der Waals surface area (Å²) in [5.41, 5.74) is 7.46. The second kappa shape index (κ2) is 9.37. The van der Waals surface area contributed by atoms with Crippen molar-refractivity contribution in [2.75, 3.05) is 26.8 Å². The third-order valence-corrected chi connectivity index (χ3v) is 3.24. The monoisotopic (exact) mass is 293 g/mol. The van der Waals surface area contributed by atoms with E-state index in [0.717, 1.165) is 43.9 Å². The zero-order valence-corrected chi connectivity index (χ0v) is 13.2. The first kappa shape index (κ1) is 17.5.